The lowest BCUT2D eigenvalue weighted by molar-refractivity contribution is 0.0298. The summed E-state index contributed by atoms with van der Waals surface area (Å²) < 4.78 is 26.0. The summed E-state index contributed by atoms with van der Waals surface area (Å²) in [6.45, 7) is 2.12. The third kappa shape index (κ3) is 3.11. The fraction of sp³-hybridized carbons (Fsp3) is 0.364. The van der Waals surface area contributed by atoms with Crippen LogP contribution in [0.3, 0.4) is 0 Å². The van der Waals surface area contributed by atoms with Crippen molar-refractivity contribution in [3.05, 3.63) is 64.0 Å². The average Bonchev–Trinajstić information content (AvgIpc) is 3.19. The van der Waals surface area contributed by atoms with Crippen LogP contribution < -0.4 is 0 Å². The number of carbonyl (C=O) groups excluding carboxylic acids is 1. The molecule has 0 bridgehead atoms. The van der Waals surface area contributed by atoms with Gasteiger partial charge in [-0.2, -0.15) is 5.10 Å². The van der Waals surface area contributed by atoms with Gasteiger partial charge in [0.1, 0.15) is 5.76 Å². The van der Waals surface area contributed by atoms with Crippen LogP contribution in [0.1, 0.15) is 34.6 Å². The van der Waals surface area contributed by atoms with Gasteiger partial charge in [0.25, 0.3) is 5.91 Å². The van der Waals surface area contributed by atoms with Crippen molar-refractivity contribution in [2.45, 2.75) is 18.6 Å². The molecule has 0 radical (unpaired) electrons. The smallest absolute Gasteiger partial charge is 0.274 e. The monoisotopic (exact) mass is 425 g/mol. The summed E-state index contributed by atoms with van der Waals surface area (Å²) in [5.74, 6) is 0.892. The minimum Gasteiger partial charge on any atom is -0.500 e. The van der Waals surface area contributed by atoms with E-state index in [4.69, 9.17) is 14.6 Å². The first-order valence-corrected chi connectivity index (χ1v) is 11.4. The summed E-state index contributed by atoms with van der Waals surface area (Å²) in [4.78, 5) is 15.8. The lowest BCUT2D eigenvalue weighted by Crippen LogP contribution is -2.41. The first-order valence-electron chi connectivity index (χ1n) is 10.1. The molecule has 1 fully saturated rings. The molecule has 3 aliphatic rings. The molecule has 8 heteroatoms. The Bertz CT molecular complexity index is 1080. The fourth-order valence-electron chi connectivity index (χ4n) is 4.26. The zero-order chi connectivity index (χ0) is 20.7. The highest BCUT2D eigenvalue weighted by atomic mass is 32.2. The molecule has 30 heavy (non-hydrogen) atoms. The Morgan fingerprint density at radius 1 is 1.20 bits per heavy atom. The molecule has 0 spiro atoms. The number of rotatable bonds is 3. The van der Waals surface area contributed by atoms with Crippen molar-refractivity contribution in [2.24, 2.45) is 0 Å². The van der Waals surface area contributed by atoms with Gasteiger partial charge in [-0.3, -0.25) is 9.00 Å². The highest BCUT2D eigenvalue weighted by molar-refractivity contribution is 7.89. The summed E-state index contributed by atoms with van der Waals surface area (Å²) in [5, 5.41) is 4.76. The van der Waals surface area contributed by atoms with Gasteiger partial charge in [-0.05, 0) is 18.6 Å². The number of allylic oxidation sites excluding steroid dienone is 3. The van der Waals surface area contributed by atoms with Crippen molar-refractivity contribution in [3.8, 4) is 5.69 Å². The number of aromatic nitrogens is 2. The second kappa shape index (κ2) is 7.85. The number of amides is 1. The van der Waals surface area contributed by atoms with Crippen molar-refractivity contribution in [2.75, 3.05) is 33.4 Å². The number of para-hydroxylation sites is 1. The normalized spacial score (nSPS) is 21.0. The van der Waals surface area contributed by atoms with E-state index in [-0.39, 0.29) is 11.7 Å². The van der Waals surface area contributed by atoms with E-state index in [1.165, 1.54) is 0 Å². The number of morpholine rings is 1. The van der Waals surface area contributed by atoms with Crippen LogP contribution in [0.4, 0.5) is 0 Å². The van der Waals surface area contributed by atoms with Gasteiger partial charge in [0, 0.05) is 30.6 Å². The Morgan fingerprint density at radius 2 is 1.97 bits per heavy atom. The SMILES string of the molecule is COC1=C2C(=CCC1)c1c(c(C(=O)N3CCOCC3)nn1-c1ccccc1)CS2=O. The van der Waals surface area contributed by atoms with E-state index < -0.39 is 10.8 Å². The van der Waals surface area contributed by atoms with Crippen LogP contribution in [0.5, 0.6) is 0 Å². The summed E-state index contributed by atoms with van der Waals surface area (Å²) in [7, 11) is 0.340. The molecule has 1 atom stereocenters. The van der Waals surface area contributed by atoms with Gasteiger partial charge in [0.15, 0.2) is 5.69 Å². The van der Waals surface area contributed by atoms with Crippen LogP contribution in [0.15, 0.2) is 47.1 Å². The Labute approximate surface area is 177 Å². The maximum atomic E-state index is 13.3. The first-order chi connectivity index (χ1) is 14.7. The predicted octanol–water partition coefficient (Wildman–Crippen LogP) is 2.64. The number of nitrogens with zero attached hydrogens (tertiary/aromatic N) is 3. The van der Waals surface area contributed by atoms with Crippen LogP contribution in [0.2, 0.25) is 0 Å². The number of hydrogen-bond acceptors (Lipinski definition) is 5. The van der Waals surface area contributed by atoms with Crippen LogP contribution in [-0.4, -0.2) is 58.2 Å². The number of fused-ring (bicyclic) bond motifs is 3. The lowest BCUT2D eigenvalue weighted by atomic mass is 9.98. The van der Waals surface area contributed by atoms with Crippen LogP contribution >= 0.6 is 0 Å². The Hall–Kier alpha value is -2.71. The number of hydrogen-bond donors (Lipinski definition) is 0. The molecule has 2 aromatic rings. The van der Waals surface area contributed by atoms with Gasteiger partial charge >= 0.3 is 0 Å². The third-order valence-corrected chi connectivity index (χ3v) is 7.16. The summed E-state index contributed by atoms with van der Waals surface area (Å²) >= 11 is 0. The van der Waals surface area contributed by atoms with E-state index in [0.717, 1.165) is 46.0 Å². The van der Waals surface area contributed by atoms with Crippen molar-refractivity contribution < 1.29 is 18.5 Å². The number of carbonyl (C=O) groups is 1. The molecule has 1 saturated heterocycles. The molecule has 1 unspecified atom stereocenters. The van der Waals surface area contributed by atoms with Crippen LogP contribution in [-0.2, 0) is 26.0 Å². The van der Waals surface area contributed by atoms with Crippen LogP contribution in [0, 0.1) is 0 Å². The summed E-state index contributed by atoms with van der Waals surface area (Å²) in [5.41, 5.74) is 3.72. The number of ether oxygens (including phenoxy) is 2. The minimum absolute atomic E-state index is 0.128. The van der Waals surface area contributed by atoms with E-state index in [2.05, 4.69) is 6.08 Å². The van der Waals surface area contributed by atoms with Crippen LogP contribution in [0.25, 0.3) is 11.3 Å². The van der Waals surface area contributed by atoms with Crippen molar-refractivity contribution in [1.29, 1.82) is 0 Å². The number of benzene rings is 1. The molecular weight excluding hydrogens is 402 g/mol. The van der Waals surface area contributed by atoms with Gasteiger partial charge in [-0.25, -0.2) is 4.68 Å². The van der Waals surface area contributed by atoms with E-state index in [1.807, 2.05) is 35.0 Å². The quantitative estimate of drug-likeness (QED) is 0.756. The molecule has 156 valence electrons. The Morgan fingerprint density at radius 3 is 2.70 bits per heavy atom. The van der Waals surface area contributed by atoms with Gasteiger partial charge < -0.3 is 14.4 Å². The van der Waals surface area contributed by atoms with E-state index in [0.29, 0.717) is 32.0 Å². The first kappa shape index (κ1) is 19.3. The second-order valence-electron chi connectivity index (χ2n) is 7.43. The minimum atomic E-state index is -1.29. The average molecular weight is 426 g/mol. The largest absolute Gasteiger partial charge is 0.500 e. The third-order valence-electron chi connectivity index (χ3n) is 5.71. The fourth-order valence-corrected chi connectivity index (χ4v) is 5.81. The second-order valence-corrected chi connectivity index (χ2v) is 8.82. The molecule has 2 aliphatic heterocycles. The summed E-state index contributed by atoms with van der Waals surface area (Å²) in [6, 6.07) is 9.76. The maximum absolute atomic E-state index is 13.3. The molecule has 1 amide bonds. The molecule has 1 aromatic carbocycles. The van der Waals surface area contributed by atoms with E-state index in [1.54, 1.807) is 12.0 Å². The molecule has 0 saturated carbocycles. The molecule has 1 aromatic heterocycles. The molecule has 0 N–H and O–H groups in total. The Balaban J connectivity index is 1.71. The van der Waals surface area contributed by atoms with Crippen molar-refractivity contribution >= 4 is 22.3 Å². The highest BCUT2D eigenvalue weighted by Gasteiger charge is 2.38. The highest BCUT2D eigenvalue weighted by Crippen LogP contribution is 2.43. The van der Waals surface area contributed by atoms with E-state index >= 15 is 0 Å². The molecule has 5 rings (SSSR count). The molecular formula is C22H23N3O4S. The zero-order valence-corrected chi connectivity index (χ0v) is 17.6. The van der Waals surface area contributed by atoms with Gasteiger partial charge in [-0.1, -0.05) is 24.3 Å². The lowest BCUT2D eigenvalue weighted by Gasteiger charge is -2.27. The predicted molar refractivity (Wildman–Crippen MR) is 113 cm³/mol. The zero-order valence-electron chi connectivity index (χ0n) is 16.8. The molecule has 7 nitrogen and oxygen atoms in total. The molecule has 3 heterocycles. The van der Waals surface area contributed by atoms with Gasteiger partial charge in [0.2, 0.25) is 0 Å². The molecule has 1 aliphatic carbocycles. The van der Waals surface area contributed by atoms with Gasteiger partial charge in [-0.15, -0.1) is 0 Å². The topological polar surface area (TPSA) is 73.7 Å². The van der Waals surface area contributed by atoms with Crippen molar-refractivity contribution in [3.63, 3.8) is 0 Å². The summed E-state index contributed by atoms with van der Waals surface area (Å²) in [6.07, 6.45) is 3.62. The maximum Gasteiger partial charge on any atom is 0.274 e. The van der Waals surface area contributed by atoms with Crippen molar-refractivity contribution in [1.82, 2.24) is 14.7 Å². The standard InChI is InChI=1S/C22H23N3O4S/c1-28-18-9-5-8-16-20-17(14-30(27)21(16)18)19(22(26)24-10-12-29-13-11-24)23-25(20)15-6-3-2-4-7-15/h2-4,6-8H,5,9-14H2,1H3. The Kier molecular flexibility index (Phi) is 5.04. The van der Waals surface area contributed by atoms with Gasteiger partial charge in [0.05, 0.1) is 53.2 Å². The number of methoxy groups -OCH3 is 1. The van der Waals surface area contributed by atoms with E-state index in [9.17, 15) is 9.00 Å².